The van der Waals surface area contributed by atoms with Crippen molar-refractivity contribution >= 4 is 40.9 Å². The van der Waals surface area contributed by atoms with Gasteiger partial charge in [-0.05, 0) is 36.4 Å². The lowest BCUT2D eigenvalue weighted by atomic mass is 10.1. The fourth-order valence-electron chi connectivity index (χ4n) is 4.18. The van der Waals surface area contributed by atoms with Gasteiger partial charge in [0.05, 0.1) is 18.5 Å². The zero-order valence-corrected chi connectivity index (χ0v) is 19.8. The largest absolute Gasteiger partial charge is 0.453 e. The molecule has 4 rings (SSSR count). The number of nitrogens with zero attached hydrogens (tertiary/aromatic N) is 3. The lowest BCUT2D eigenvalue weighted by molar-refractivity contribution is 0.0735. The molecule has 34 heavy (non-hydrogen) atoms. The SMILES string of the molecule is COC(=O)N1CCN(c2ccc(C(=O)N3CCNCC3)cc2NC(=O)c2cccc(Cl)c2)CC1. The third kappa shape index (κ3) is 5.43. The molecule has 10 heteroatoms. The molecule has 180 valence electrons. The van der Waals surface area contributed by atoms with Gasteiger partial charge in [-0.25, -0.2) is 4.79 Å². The van der Waals surface area contributed by atoms with E-state index in [9.17, 15) is 14.4 Å². The summed E-state index contributed by atoms with van der Waals surface area (Å²) in [5, 5.41) is 6.68. The van der Waals surface area contributed by atoms with Gasteiger partial charge in [-0.2, -0.15) is 0 Å². The number of methoxy groups -OCH3 is 1. The minimum absolute atomic E-state index is 0.0678. The molecule has 0 aromatic heterocycles. The summed E-state index contributed by atoms with van der Waals surface area (Å²) in [6.45, 7) is 4.92. The molecule has 2 aliphatic heterocycles. The van der Waals surface area contributed by atoms with E-state index in [-0.39, 0.29) is 17.9 Å². The van der Waals surface area contributed by atoms with Crippen LogP contribution >= 0.6 is 11.6 Å². The molecule has 0 spiro atoms. The highest BCUT2D eigenvalue weighted by Crippen LogP contribution is 2.30. The van der Waals surface area contributed by atoms with Crippen LogP contribution in [0.1, 0.15) is 20.7 Å². The second kappa shape index (κ2) is 10.8. The van der Waals surface area contributed by atoms with Gasteiger partial charge in [-0.1, -0.05) is 17.7 Å². The Hall–Kier alpha value is -3.30. The van der Waals surface area contributed by atoms with Crippen molar-refractivity contribution in [3.63, 3.8) is 0 Å². The Kier molecular flexibility index (Phi) is 7.54. The van der Waals surface area contributed by atoms with Gasteiger partial charge in [0.1, 0.15) is 0 Å². The Labute approximate surface area is 203 Å². The molecule has 2 aromatic carbocycles. The number of carbonyl (C=O) groups is 3. The van der Waals surface area contributed by atoms with E-state index in [2.05, 4.69) is 15.5 Å². The molecular weight excluding hydrogens is 458 g/mol. The van der Waals surface area contributed by atoms with Gasteiger partial charge in [0.2, 0.25) is 0 Å². The maximum Gasteiger partial charge on any atom is 0.409 e. The standard InChI is InChI=1S/C24H28ClN5O4/c1-34-24(33)30-13-11-28(12-14-30)21-6-5-18(23(32)29-9-7-26-8-10-29)16-20(21)27-22(31)17-3-2-4-19(25)15-17/h2-6,15-16,26H,7-14H2,1H3,(H,27,31). The summed E-state index contributed by atoms with van der Waals surface area (Å²) in [6.07, 6.45) is -0.355. The fraction of sp³-hybridized carbons (Fsp3) is 0.375. The van der Waals surface area contributed by atoms with Crippen molar-refractivity contribution in [1.29, 1.82) is 0 Å². The van der Waals surface area contributed by atoms with E-state index in [0.29, 0.717) is 61.1 Å². The van der Waals surface area contributed by atoms with Crippen molar-refractivity contribution in [2.24, 2.45) is 0 Å². The van der Waals surface area contributed by atoms with Gasteiger partial charge in [-0.15, -0.1) is 0 Å². The van der Waals surface area contributed by atoms with Gasteiger partial charge in [0.15, 0.2) is 0 Å². The molecule has 2 aromatic rings. The first-order chi connectivity index (χ1) is 16.5. The highest BCUT2D eigenvalue weighted by atomic mass is 35.5. The predicted octanol–water partition coefficient (Wildman–Crippen LogP) is 2.53. The lowest BCUT2D eigenvalue weighted by Crippen LogP contribution is -2.49. The fourth-order valence-corrected chi connectivity index (χ4v) is 4.37. The third-order valence-electron chi connectivity index (χ3n) is 6.04. The highest BCUT2D eigenvalue weighted by Gasteiger charge is 2.25. The summed E-state index contributed by atoms with van der Waals surface area (Å²) in [6, 6.07) is 12.1. The number of hydrogen-bond acceptors (Lipinski definition) is 6. The highest BCUT2D eigenvalue weighted by molar-refractivity contribution is 6.31. The molecule has 2 N–H and O–H groups in total. The van der Waals surface area contributed by atoms with E-state index in [1.54, 1.807) is 41.3 Å². The molecule has 0 radical (unpaired) electrons. The number of anilines is 2. The molecule has 2 saturated heterocycles. The average molecular weight is 486 g/mol. The zero-order valence-electron chi connectivity index (χ0n) is 19.1. The van der Waals surface area contributed by atoms with Crippen molar-refractivity contribution in [3.8, 4) is 0 Å². The van der Waals surface area contributed by atoms with Crippen LogP contribution in [0.5, 0.6) is 0 Å². The van der Waals surface area contributed by atoms with E-state index in [4.69, 9.17) is 16.3 Å². The number of hydrogen-bond donors (Lipinski definition) is 2. The molecule has 0 saturated carbocycles. The van der Waals surface area contributed by atoms with Gasteiger partial charge in [0.25, 0.3) is 11.8 Å². The van der Waals surface area contributed by atoms with Crippen molar-refractivity contribution in [1.82, 2.24) is 15.1 Å². The molecule has 9 nitrogen and oxygen atoms in total. The van der Waals surface area contributed by atoms with Crippen LogP contribution < -0.4 is 15.5 Å². The quantitative estimate of drug-likeness (QED) is 0.691. The number of halogens is 1. The Morgan fingerprint density at radius 1 is 0.912 bits per heavy atom. The van der Waals surface area contributed by atoms with Crippen LogP contribution in [-0.4, -0.2) is 87.2 Å². The maximum atomic E-state index is 13.1. The molecule has 0 unspecified atom stereocenters. The van der Waals surface area contributed by atoms with Crippen molar-refractivity contribution in [2.45, 2.75) is 0 Å². The minimum Gasteiger partial charge on any atom is -0.453 e. The van der Waals surface area contributed by atoms with Gasteiger partial charge in [-0.3, -0.25) is 9.59 Å². The van der Waals surface area contributed by atoms with Crippen molar-refractivity contribution in [3.05, 3.63) is 58.6 Å². The summed E-state index contributed by atoms with van der Waals surface area (Å²) >= 11 is 6.06. The van der Waals surface area contributed by atoms with Crippen LogP contribution in [0.2, 0.25) is 5.02 Å². The van der Waals surface area contributed by atoms with Crippen LogP contribution in [0.25, 0.3) is 0 Å². The Balaban J connectivity index is 1.60. The smallest absolute Gasteiger partial charge is 0.409 e. The van der Waals surface area contributed by atoms with Gasteiger partial charge < -0.3 is 30.1 Å². The second-order valence-corrected chi connectivity index (χ2v) is 8.62. The summed E-state index contributed by atoms with van der Waals surface area (Å²) in [5.74, 6) is -0.384. The number of carbonyl (C=O) groups excluding carboxylic acids is 3. The topological polar surface area (TPSA) is 94.2 Å². The number of nitrogens with one attached hydrogen (secondary N) is 2. The minimum atomic E-state index is -0.355. The van der Waals surface area contributed by atoms with E-state index in [1.165, 1.54) is 7.11 Å². The lowest BCUT2D eigenvalue weighted by Gasteiger charge is -2.36. The molecule has 0 atom stereocenters. The molecule has 2 aliphatic rings. The molecule has 2 fully saturated rings. The number of rotatable bonds is 4. The van der Waals surface area contributed by atoms with Crippen LogP contribution in [0.15, 0.2) is 42.5 Å². The van der Waals surface area contributed by atoms with E-state index >= 15 is 0 Å². The summed E-state index contributed by atoms with van der Waals surface area (Å²) in [7, 11) is 1.37. The zero-order chi connectivity index (χ0) is 24.1. The Morgan fingerprint density at radius 3 is 2.32 bits per heavy atom. The van der Waals surface area contributed by atoms with E-state index in [1.807, 2.05) is 11.0 Å². The Bertz CT molecular complexity index is 1070. The second-order valence-electron chi connectivity index (χ2n) is 8.18. The summed E-state index contributed by atoms with van der Waals surface area (Å²) in [4.78, 5) is 43.5. The third-order valence-corrected chi connectivity index (χ3v) is 6.27. The molecule has 3 amide bonds. The van der Waals surface area contributed by atoms with Crippen LogP contribution in [-0.2, 0) is 4.74 Å². The van der Waals surface area contributed by atoms with Crippen LogP contribution in [0.3, 0.4) is 0 Å². The first-order valence-corrected chi connectivity index (χ1v) is 11.6. The monoisotopic (exact) mass is 485 g/mol. The first-order valence-electron chi connectivity index (χ1n) is 11.2. The Morgan fingerprint density at radius 2 is 1.65 bits per heavy atom. The molecule has 2 heterocycles. The number of ether oxygens (including phenoxy) is 1. The number of piperazine rings is 2. The number of amides is 3. The van der Waals surface area contributed by atoms with Gasteiger partial charge in [0, 0.05) is 68.5 Å². The summed E-state index contributed by atoms with van der Waals surface area (Å²) in [5.41, 5.74) is 2.27. The van der Waals surface area contributed by atoms with Crippen LogP contribution in [0.4, 0.5) is 16.2 Å². The molecular formula is C24H28ClN5O4. The van der Waals surface area contributed by atoms with E-state index in [0.717, 1.165) is 18.8 Å². The first kappa shape index (κ1) is 23.8. The molecule has 0 aliphatic carbocycles. The van der Waals surface area contributed by atoms with Gasteiger partial charge >= 0.3 is 6.09 Å². The number of benzene rings is 2. The van der Waals surface area contributed by atoms with Crippen molar-refractivity contribution in [2.75, 3.05) is 69.7 Å². The molecule has 0 bridgehead atoms. The summed E-state index contributed by atoms with van der Waals surface area (Å²) < 4.78 is 4.82. The van der Waals surface area contributed by atoms with Crippen molar-refractivity contribution < 1.29 is 19.1 Å². The normalized spacial score (nSPS) is 16.2. The average Bonchev–Trinajstić information content (AvgIpc) is 2.88. The predicted molar refractivity (Wildman–Crippen MR) is 131 cm³/mol. The maximum absolute atomic E-state index is 13.1. The van der Waals surface area contributed by atoms with Crippen LogP contribution in [0, 0.1) is 0 Å². The van der Waals surface area contributed by atoms with E-state index < -0.39 is 0 Å².